The van der Waals surface area contributed by atoms with Crippen molar-refractivity contribution >= 4 is 68.0 Å². The van der Waals surface area contributed by atoms with Gasteiger partial charge < -0.3 is 0 Å². The van der Waals surface area contributed by atoms with Crippen LogP contribution in [0.15, 0.2) is 48.5 Å². The van der Waals surface area contributed by atoms with Gasteiger partial charge in [0.1, 0.15) is 0 Å². The second-order valence-electron chi connectivity index (χ2n) is 5.21. The van der Waals surface area contributed by atoms with E-state index in [1.54, 1.807) is 21.0 Å². The zero-order valence-corrected chi connectivity index (χ0v) is 15.5. The third-order valence-corrected chi connectivity index (χ3v) is 19.2. The van der Waals surface area contributed by atoms with E-state index in [4.69, 9.17) is 54.0 Å². The fourth-order valence-corrected chi connectivity index (χ4v) is 25.8. The first-order valence-electron chi connectivity index (χ1n) is 6.35. The Morgan fingerprint density at radius 1 is 0.636 bits per heavy atom. The zero-order chi connectivity index (χ0) is 15.4. The number of halogens is 4. The zero-order valence-electron chi connectivity index (χ0n) is 10.7. The van der Waals surface area contributed by atoms with Gasteiger partial charge in [-0.2, -0.15) is 0 Å². The van der Waals surface area contributed by atoms with Crippen LogP contribution in [-0.2, 0) is 0 Å². The van der Waals surface area contributed by atoms with Crippen molar-refractivity contribution in [3.05, 3.63) is 48.5 Å². The first-order chi connectivity index (χ1) is 10.2. The van der Waals surface area contributed by atoms with Crippen LogP contribution < -0.4 is 17.9 Å². The van der Waals surface area contributed by atoms with Crippen LogP contribution in [0.3, 0.4) is 0 Å². The second kappa shape index (κ2) is 3.52. The summed E-state index contributed by atoms with van der Waals surface area (Å²) in [6.45, 7) is 0. The number of fused-ring (bicyclic) bond motifs is 8. The summed E-state index contributed by atoms with van der Waals surface area (Å²) in [6.07, 6.45) is 0. The molecule has 5 rings (SSSR count). The molecule has 2 aromatic rings. The first kappa shape index (κ1) is 14.0. The van der Waals surface area contributed by atoms with Crippen molar-refractivity contribution in [2.45, 2.75) is 0 Å². The number of hydrogen-bond donors (Lipinski definition) is 0. The monoisotopic (exact) mass is 414 g/mol. The summed E-state index contributed by atoms with van der Waals surface area (Å²) < 4.78 is 15.1. The van der Waals surface area contributed by atoms with Crippen LogP contribution in [0.1, 0.15) is 0 Å². The molecule has 4 nitrogen and oxygen atoms in total. The van der Waals surface area contributed by atoms with Gasteiger partial charge in [-0.3, -0.25) is 0 Å². The minimum absolute atomic E-state index is 0.547. The average Bonchev–Trinajstić information content (AvgIpc) is 2.80. The van der Waals surface area contributed by atoms with Crippen molar-refractivity contribution < 1.29 is 9.05 Å². The van der Waals surface area contributed by atoms with Crippen molar-refractivity contribution in [1.29, 1.82) is 0 Å². The Morgan fingerprint density at radius 2 is 1.00 bits per heavy atom. The van der Waals surface area contributed by atoms with Gasteiger partial charge in [-0.15, -0.1) is 0 Å². The van der Waals surface area contributed by atoms with Crippen LogP contribution in [0.4, 0.5) is 11.4 Å². The molecule has 0 aliphatic carbocycles. The SMILES string of the molecule is ClP12(Cl)Oc3ccccc3N1P1(Cl)(Cl)Oc3ccccc3N21. The number of nitrogens with zero attached hydrogens (tertiary/aromatic N) is 2. The van der Waals surface area contributed by atoms with Crippen molar-refractivity contribution in [2.75, 3.05) is 8.88 Å². The quantitative estimate of drug-likeness (QED) is 0.432. The fraction of sp³-hybridized carbons (Fsp3) is 0. The number of benzene rings is 2. The molecule has 2 aromatic carbocycles. The van der Waals surface area contributed by atoms with Gasteiger partial charge in [-0.25, -0.2) is 0 Å². The van der Waals surface area contributed by atoms with Gasteiger partial charge >= 0.3 is 146 Å². The molecule has 22 heavy (non-hydrogen) atoms. The third kappa shape index (κ3) is 1.26. The number of anilines is 2. The average molecular weight is 416 g/mol. The van der Waals surface area contributed by atoms with Crippen molar-refractivity contribution in [2.24, 2.45) is 0 Å². The van der Waals surface area contributed by atoms with E-state index in [1.165, 1.54) is 0 Å². The molecule has 1 saturated heterocycles. The molecule has 0 N–H and O–H groups in total. The van der Waals surface area contributed by atoms with Gasteiger partial charge in [-0.05, 0) is 0 Å². The van der Waals surface area contributed by atoms with Crippen LogP contribution in [0.5, 0.6) is 11.5 Å². The molecule has 0 atom stereocenters. The molecule has 0 saturated carbocycles. The van der Waals surface area contributed by atoms with E-state index in [-0.39, 0.29) is 0 Å². The summed E-state index contributed by atoms with van der Waals surface area (Å²) in [5, 5.41) is 0. The van der Waals surface area contributed by atoms with E-state index in [0.717, 1.165) is 0 Å². The molecule has 3 heterocycles. The van der Waals surface area contributed by atoms with Gasteiger partial charge in [0.15, 0.2) is 0 Å². The van der Waals surface area contributed by atoms with E-state index in [1.807, 2.05) is 36.4 Å². The Morgan fingerprint density at radius 3 is 1.41 bits per heavy atom. The molecule has 0 spiro atoms. The van der Waals surface area contributed by atoms with Crippen molar-refractivity contribution in [1.82, 2.24) is 0 Å². The number of rotatable bonds is 0. The second-order valence-corrected chi connectivity index (χ2v) is 19.2. The van der Waals surface area contributed by atoms with Crippen molar-refractivity contribution in [3.63, 3.8) is 0 Å². The maximum absolute atomic E-state index is 6.84. The Bertz CT molecular complexity index is 790. The normalized spacial score (nSPS) is 29.6. The van der Waals surface area contributed by atoms with E-state index in [2.05, 4.69) is 0 Å². The Balaban J connectivity index is 1.83. The first-order valence-corrected chi connectivity index (χ1v) is 14.1. The molecule has 3 aliphatic rings. The van der Waals surface area contributed by atoms with Gasteiger partial charge in [0.2, 0.25) is 0 Å². The van der Waals surface area contributed by atoms with Crippen LogP contribution in [0.2, 0.25) is 0 Å². The van der Waals surface area contributed by atoms with Crippen molar-refractivity contribution in [3.8, 4) is 11.5 Å². The summed E-state index contributed by atoms with van der Waals surface area (Å²) in [7, 11) is 0. The summed E-state index contributed by atoms with van der Waals surface area (Å²) in [6, 6.07) is 14.6. The summed E-state index contributed by atoms with van der Waals surface area (Å²) in [4.78, 5) is 0. The van der Waals surface area contributed by atoms with Crippen LogP contribution in [0, 0.1) is 0 Å². The van der Waals surface area contributed by atoms with Gasteiger partial charge in [0.25, 0.3) is 0 Å². The Hall–Kier alpha value is -0.340. The van der Waals surface area contributed by atoms with E-state index < -0.39 is 11.7 Å². The summed E-state index contributed by atoms with van der Waals surface area (Å²) >= 11 is 27.4. The molecule has 0 amide bonds. The summed E-state index contributed by atoms with van der Waals surface area (Å²) in [5.41, 5.74) is 1.30. The Kier molecular flexibility index (Phi) is 2.24. The molecule has 0 radical (unpaired) electrons. The number of para-hydroxylation sites is 4. The standard InChI is InChI=1S/C12H8Cl4N2O2P2/c13-21(14)17(9-5-1-3-7-11(9)19-21)22(15,16)18(21)10-6-2-4-8-12(10)20-22/h1-8H. The van der Waals surface area contributed by atoms with Gasteiger partial charge in [-0.1, -0.05) is 0 Å². The molecule has 10 heteroatoms. The van der Waals surface area contributed by atoms with Gasteiger partial charge in [0, 0.05) is 0 Å². The molecule has 0 unspecified atom stereocenters. The van der Waals surface area contributed by atoms with Gasteiger partial charge in [0.05, 0.1) is 0 Å². The Labute approximate surface area is 145 Å². The molecule has 116 valence electrons. The molecule has 3 aliphatic heterocycles. The van der Waals surface area contributed by atoms with Crippen LogP contribution in [-0.4, -0.2) is 0 Å². The fourth-order valence-electron chi connectivity index (χ4n) is 3.17. The van der Waals surface area contributed by atoms with E-state index in [9.17, 15) is 0 Å². The molecular weight excluding hydrogens is 408 g/mol. The number of hydrogen-bond acceptors (Lipinski definition) is 4. The predicted molar refractivity (Wildman–Crippen MR) is 96.4 cm³/mol. The predicted octanol–water partition coefficient (Wildman–Crippen LogP) is 7.01. The van der Waals surface area contributed by atoms with Crippen LogP contribution in [0.25, 0.3) is 0 Å². The minimum atomic E-state index is -4.01. The van der Waals surface area contributed by atoms with Crippen LogP contribution >= 0.6 is 56.6 Å². The topological polar surface area (TPSA) is 24.9 Å². The molecule has 0 aromatic heterocycles. The third-order valence-electron chi connectivity index (χ3n) is 3.88. The van der Waals surface area contributed by atoms with E-state index >= 15 is 0 Å². The maximum atomic E-state index is 6.84. The molecule has 1 fully saturated rings. The van der Waals surface area contributed by atoms with E-state index in [0.29, 0.717) is 22.9 Å². The molecule has 0 bridgehead atoms. The summed E-state index contributed by atoms with van der Waals surface area (Å²) in [5.74, 6) is -6.92. The molecular formula is C12H8Cl4N2O2P2.